The van der Waals surface area contributed by atoms with E-state index in [1.54, 1.807) is 38.1 Å². The smallest absolute Gasteiger partial charge is 0.339 e. The van der Waals surface area contributed by atoms with E-state index in [4.69, 9.17) is 9.47 Å². The van der Waals surface area contributed by atoms with Gasteiger partial charge in [0.1, 0.15) is 0 Å². The molecule has 2 aromatic rings. The number of esters is 2. The molecule has 184 valence electrons. The van der Waals surface area contributed by atoms with Gasteiger partial charge in [-0.2, -0.15) is 4.31 Å². The second-order valence-electron chi connectivity index (χ2n) is 8.37. The van der Waals surface area contributed by atoms with Crippen molar-refractivity contribution < 1.29 is 32.3 Å². The number of methoxy groups -OCH3 is 1. The summed E-state index contributed by atoms with van der Waals surface area (Å²) in [6.45, 7) is 5.85. The van der Waals surface area contributed by atoms with Gasteiger partial charge in [-0.3, -0.25) is 9.59 Å². The third-order valence-corrected chi connectivity index (χ3v) is 7.91. The van der Waals surface area contributed by atoms with Crippen molar-refractivity contribution in [2.24, 2.45) is 0 Å². The van der Waals surface area contributed by atoms with E-state index < -0.39 is 33.8 Å². The second-order valence-corrected chi connectivity index (χ2v) is 10.3. The molecule has 1 atom stereocenters. The molecule has 1 aliphatic heterocycles. The van der Waals surface area contributed by atoms with Crippen LogP contribution in [0.3, 0.4) is 0 Å². The Morgan fingerprint density at radius 3 is 2.29 bits per heavy atom. The van der Waals surface area contributed by atoms with Gasteiger partial charge in [0.15, 0.2) is 6.10 Å². The van der Waals surface area contributed by atoms with Crippen molar-refractivity contribution in [2.45, 2.75) is 57.5 Å². The third kappa shape index (κ3) is 5.39. The van der Waals surface area contributed by atoms with Crippen molar-refractivity contribution in [1.82, 2.24) is 9.29 Å². The minimum atomic E-state index is -3.48. The van der Waals surface area contributed by atoms with Crippen molar-refractivity contribution in [3.63, 3.8) is 0 Å². The largest absolute Gasteiger partial charge is 0.465 e. The maximum Gasteiger partial charge on any atom is 0.339 e. The number of hydrogen-bond acceptors (Lipinski definition) is 7. The SMILES string of the molecule is COC(=O)c1c(C)[nH]c(C(=O)C(C)OC(=O)CCc2ccc(S(=O)(=O)N3CCCC3)cc2)c1C. The standard InChI is InChI=1S/C24H30N2O7S/c1-15-21(24(29)32-4)16(2)25-22(15)23(28)17(3)33-20(27)12-9-18-7-10-19(11-8-18)34(30,31)26-13-5-6-14-26/h7-8,10-11,17,25H,5-6,9,12-14H2,1-4H3. The second kappa shape index (κ2) is 10.5. The van der Waals surface area contributed by atoms with Crippen molar-refractivity contribution in [1.29, 1.82) is 0 Å². The summed E-state index contributed by atoms with van der Waals surface area (Å²) in [6, 6.07) is 6.47. The zero-order valence-electron chi connectivity index (χ0n) is 19.8. The molecule has 1 aliphatic rings. The first kappa shape index (κ1) is 25.6. The van der Waals surface area contributed by atoms with E-state index in [2.05, 4.69) is 4.98 Å². The number of sulfonamides is 1. The summed E-state index contributed by atoms with van der Waals surface area (Å²) in [4.78, 5) is 40.1. The van der Waals surface area contributed by atoms with Gasteiger partial charge in [-0.1, -0.05) is 12.1 Å². The molecule has 34 heavy (non-hydrogen) atoms. The predicted molar refractivity (Wildman–Crippen MR) is 124 cm³/mol. The quantitative estimate of drug-likeness (QED) is 0.423. The van der Waals surface area contributed by atoms with Gasteiger partial charge in [-0.05, 0) is 63.3 Å². The highest BCUT2D eigenvalue weighted by Gasteiger charge is 2.28. The number of carbonyl (C=O) groups is 3. The van der Waals surface area contributed by atoms with Crippen molar-refractivity contribution in [2.75, 3.05) is 20.2 Å². The first-order valence-electron chi connectivity index (χ1n) is 11.2. The molecule has 10 heteroatoms. The lowest BCUT2D eigenvalue weighted by molar-refractivity contribution is -0.146. The van der Waals surface area contributed by atoms with Crippen LogP contribution in [0.25, 0.3) is 0 Å². The Morgan fingerprint density at radius 1 is 1.09 bits per heavy atom. The van der Waals surface area contributed by atoms with Crippen molar-refractivity contribution >= 4 is 27.7 Å². The number of ether oxygens (including phenoxy) is 2. The van der Waals surface area contributed by atoms with Gasteiger partial charge in [-0.15, -0.1) is 0 Å². The van der Waals surface area contributed by atoms with Crippen LogP contribution in [0.1, 0.15) is 63.9 Å². The van der Waals surface area contributed by atoms with Gasteiger partial charge < -0.3 is 14.5 Å². The van der Waals surface area contributed by atoms with Crippen LogP contribution in [0.4, 0.5) is 0 Å². The number of nitrogens with zero attached hydrogens (tertiary/aromatic N) is 1. The normalized spacial score (nSPS) is 15.2. The number of benzene rings is 1. The number of rotatable bonds is 9. The Hall–Kier alpha value is -2.98. The van der Waals surface area contributed by atoms with Gasteiger partial charge in [0.25, 0.3) is 0 Å². The highest BCUT2D eigenvalue weighted by atomic mass is 32.2. The van der Waals surface area contributed by atoms with Gasteiger partial charge in [0.05, 0.1) is 23.3 Å². The lowest BCUT2D eigenvalue weighted by atomic mass is 10.1. The van der Waals surface area contributed by atoms with Crippen LogP contribution in [-0.2, 0) is 30.7 Å². The molecule has 0 amide bonds. The first-order chi connectivity index (χ1) is 16.1. The van der Waals surface area contributed by atoms with Gasteiger partial charge in [0, 0.05) is 25.2 Å². The molecule has 1 N–H and O–H groups in total. The number of ketones is 1. The molecule has 0 spiro atoms. The molecule has 1 fully saturated rings. The number of Topliss-reactive ketones (excluding diaryl/α,β-unsaturated/α-hetero) is 1. The van der Waals surface area contributed by atoms with Crippen LogP contribution in [0, 0.1) is 13.8 Å². The molecule has 1 aromatic carbocycles. The maximum absolute atomic E-state index is 12.8. The summed E-state index contributed by atoms with van der Waals surface area (Å²) in [6.07, 6.45) is 1.08. The van der Waals surface area contributed by atoms with E-state index in [1.165, 1.54) is 18.3 Å². The Balaban J connectivity index is 1.57. The molecule has 3 rings (SSSR count). The summed E-state index contributed by atoms with van der Waals surface area (Å²) in [5.74, 6) is -1.54. The van der Waals surface area contributed by atoms with E-state index in [1.807, 2.05) is 0 Å². The predicted octanol–water partition coefficient (Wildman–Crippen LogP) is 2.95. The Bertz CT molecular complexity index is 1180. The number of nitrogens with one attached hydrogen (secondary N) is 1. The minimum Gasteiger partial charge on any atom is -0.465 e. The van der Waals surface area contributed by atoms with Crippen LogP contribution in [0.15, 0.2) is 29.2 Å². The van der Waals surface area contributed by atoms with Gasteiger partial charge in [0.2, 0.25) is 15.8 Å². The van der Waals surface area contributed by atoms with E-state index in [0.717, 1.165) is 18.4 Å². The number of aromatic nitrogens is 1. The average Bonchev–Trinajstić information content (AvgIpc) is 3.46. The fourth-order valence-corrected chi connectivity index (χ4v) is 5.59. The van der Waals surface area contributed by atoms with E-state index in [9.17, 15) is 22.8 Å². The summed E-state index contributed by atoms with van der Waals surface area (Å²) in [7, 11) is -2.21. The lowest BCUT2D eigenvalue weighted by Crippen LogP contribution is -2.27. The Labute approximate surface area is 199 Å². The van der Waals surface area contributed by atoms with Crippen LogP contribution in [0.2, 0.25) is 0 Å². The zero-order chi connectivity index (χ0) is 25.0. The fraction of sp³-hybridized carbons (Fsp3) is 0.458. The molecular weight excluding hydrogens is 460 g/mol. The highest BCUT2D eigenvalue weighted by molar-refractivity contribution is 7.89. The third-order valence-electron chi connectivity index (χ3n) is 5.99. The first-order valence-corrected chi connectivity index (χ1v) is 12.6. The Morgan fingerprint density at radius 2 is 1.71 bits per heavy atom. The van der Waals surface area contributed by atoms with Crippen LogP contribution < -0.4 is 0 Å². The molecule has 0 saturated carbocycles. The fourth-order valence-electron chi connectivity index (χ4n) is 4.07. The van der Waals surface area contributed by atoms with E-state index in [-0.39, 0.29) is 17.0 Å². The summed E-state index contributed by atoms with van der Waals surface area (Å²) >= 11 is 0. The van der Waals surface area contributed by atoms with Crippen LogP contribution in [0.5, 0.6) is 0 Å². The van der Waals surface area contributed by atoms with E-state index in [0.29, 0.717) is 36.3 Å². The summed E-state index contributed by atoms with van der Waals surface area (Å²) in [5, 5.41) is 0. The number of H-pyrrole nitrogens is 1. The van der Waals surface area contributed by atoms with Crippen LogP contribution >= 0.6 is 0 Å². The topological polar surface area (TPSA) is 123 Å². The maximum atomic E-state index is 12.8. The lowest BCUT2D eigenvalue weighted by Gasteiger charge is -2.15. The molecular formula is C24H30N2O7S. The molecule has 1 aromatic heterocycles. The number of aromatic amines is 1. The van der Waals surface area contributed by atoms with Crippen LogP contribution in [-0.4, -0.2) is 61.7 Å². The molecule has 0 aliphatic carbocycles. The minimum absolute atomic E-state index is 0.0337. The molecule has 9 nitrogen and oxygen atoms in total. The number of aryl methyl sites for hydroxylation is 2. The highest BCUT2D eigenvalue weighted by Crippen LogP contribution is 2.22. The average molecular weight is 491 g/mol. The Kier molecular flexibility index (Phi) is 7.93. The molecule has 2 heterocycles. The van der Waals surface area contributed by atoms with Crippen molar-refractivity contribution in [3.8, 4) is 0 Å². The molecule has 0 radical (unpaired) electrons. The van der Waals surface area contributed by atoms with Gasteiger partial charge >= 0.3 is 11.9 Å². The van der Waals surface area contributed by atoms with E-state index >= 15 is 0 Å². The number of hydrogen-bond donors (Lipinski definition) is 1. The monoisotopic (exact) mass is 490 g/mol. The molecule has 1 unspecified atom stereocenters. The molecule has 0 bridgehead atoms. The molecule has 1 saturated heterocycles. The zero-order valence-corrected chi connectivity index (χ0v) is 20.7. The van der Waals surface area contributed by atoms with Gasteiger partial charge in [-0.25, -0.2) is 13.2 Å². The van der Waals surface area contributed by atoms with Crippen molar-refractivity contribution in [3.05, 3.63) is 52.3 Å². The summed E-state index contributed by atoms with van der Waals surface area (Å²) < 4.78 is 36.7. The summed E-state index contributed by atoms with van der Waals surface area (Å²) in [5.41, 5.74) is 2.23. The number of carbonyl (C=O) groups excluding carboxylic acids is 3.